The Kier molecular flexibility index (Phi) is 3.56. The molecule has 3 heteroatoms. The molecule has 0 atom stereocenters. The van der Waals surface area contributed by atoms with Gasteiger partial charge < -0.3 is 10.1 Å². The lowest BCUT2D eigenvalue weighted by Gasteiger charge is -2.42. The molecule has 0 radical (unpaired) electrons. The number of hydrogen-bond donors (Lipinski definition) is 1. The minimum absolute atomic E-state index is 0.0812. The third-order valence-corrected chi connectivity index (χ3v) is 3.28. The molecule has 0 spiro atoms. The molecule has 0 aliphatic carbocycles. The molecular formula is C13H18FNO. The fraction of sp³-hybridized carbons (Fsp3) is 0.538. The largest absolute Gasteiger partial charge is 0.379 e. The van der Waals surface area contributed by atoms with Crippen molar-refractivity contribution in [2.45, 2.75) is 18.3 Å². The standard InChI is InChI=1S/C13H18FNO/c1-15-8-4-7-13(9-16-10-13)11-5-2-3-6-12(11)14/h2-3,5-6,15H,4,7-10H2,1H3. The molecule has 1 fully saturated rings. The maximum atomic E-state index is 13.7. The van der Waals surface area contributed by atoms with E-state index in [1.165, 1.54) is 6.07 Å². The summed E-state index contributed by atoms with van der Waals surface area (Å²) in [6.45, 7) is 2.27. The maximum Gasteiger partial charge on any atom is 0.127 e. The predicted molar refractivity (Wildman–Crippen MR) is 62.1 cm³/mol. The third kappa shape index (κ3) is 2.11. The smallest absolute Gasteiger partial charge is 0.127 e. The summed E-state index contributed by atoms with van der Waals surface area (Å²) in [5, 5.41) is 3.12. The van der Waals surface area contributed by atoms with Crippen LogP contribution in [0.5, 0.6) is 0 Å². The first kappa shape index (κ1) is 11.6. The van der Waals surface area contributed by atoms with E-state index in [4.69, 9.17) is 4.74 Å². The van der Waals surface area contributed by atoms with Crippen LogP contribution in [0.3, 0.4) is 0 Å². The highest BCUT2D eigenvalue weighted by molar-refractivity contribution is 5.29. The summed E-state index contributed by atoms with van der Waals surface area (Å²) in [7, 11) is 1.94. The summed E-state index contributed by atoms with van der Waals surface area (Å²) in [6, 6.07) is 7.06. The van der Waals surface area contributed by atoms with Crippen molar-refractivity contribution in [3.63, 3.8) is 0 Å². The monoisotopic (exact) mass is 223 g/mol. The first-order valence-electron chi connectivity index (χ1n) is 5.76. The highest BCUT2D eigenvalue weighted by atomic mass is 19.1. The van der Waals surface area contributed by atoms with Gasteiger partial charge in [-0.15, -0.1) is 0 Å². The van der Waals surface area contributed by atoms with E-state index in [1.807, 2.05) is 19.2 Å². The van der Waals surface area contributed by atoms with Gasteiger partial charge in [-0.2, -0.15) is 0 Å². The minimum atomic E-state index is -0.102. The van der Waals surface area contributed by atoms with Crippen LogP contribution in [-0.2, 0) is 10.2 Å². The van der Waals surface area contributed by atoms with E-state index in [-0.39, 0.29) is 11.2 Å². The number of nitrogens with one attached hydrogen (secondary N) is 1. The Balaban J connectivity index is 2.12. The summed E-state index contributed by atoms with van der Waals surface area (Å²) in [4.78, 5) is 0. The van der Waals surface area contributed by atoms with Crippen LogP contribution >= 0.6 is 0 Å². The van der Waals surface area contributed by atoms with Crippen molar-refractivity contribution in [1.82, 2.24) is 5.32 Å². The SMILES string of the molecule is CNCCCC1(c2ccccc2F)COC1. The van der Waals surface area contributed by atoms with Crippen LogP contribution in [-0.4, -0.2) is 26.8 Å². The molecule has 16 heavy (non-hydrogen) atoms. The normalized spacial score (nSPS) is 18.1. The van der Waals surface area contributed by atoms with Crippen LogP contribution in [0.2, 0.25) is 0 Å². The molecule has 0 bridgehead atoms. The summed E-state index contributed by atoms with van der Waals surface area (Å²) < 4.78 is 19.0. The van der Waals surface area contributed by atoms with Gasteiger partial charge in [-0.3, -0.25) is 0 Å². The third-order valence-electron chi connectivity index (χ3n) is 3.28. The molecule has 0 unspecified atom stereocenters. The lowest BCUT2D eigenvalue weighted by Crippen LogP contribution is -2.47. The lowest BCUT2D eigenvalue weighted by molar-refractivity contribution is -0.0666. The van der Waals surface area contributed by atoms with E-state index in [2.05, 4.69) is 5.32 Å². The topological polar surface area (TPSA) is 21.3 Å². The van der Waals surface area contributed by atoms with Gasteiger partial charge in [0.1, 0.15) is 5.82 Å². The Morgan fingerprint density at radius 2 is 2.12 bits per heavy atom. The van der Waals surface area contributed by atoms with Gasteiger partial charge in [0.05, 0.1) is 13.2 Å². The molecular weight excluding hydrogens is 205 g/mol. The van der Waals surface area contributed by atoms with Crippen molar-refractivity contribution in [2.24, 2.45) is 0 Å². The second-order valence-corrected chi connectivity index (χ2v) is 4.46. The van der Waals surface area contributed by atoms with Gasteiger partial charge in [-0.25, -0.2) is 4.39 Å². The van der Waals surface area contributed by atoms with Gasteiger partial charge in [0.2, 0.25) is 0 Å². The quantitative estimate of drug-likeness (QED) is 0.772. The molecule has 0 saturated carbocycles. The fourth-order valence-corrected chi connectivity index (χ4v) is 2.28. The van der Waals surface area contributed by atoms with Gasteiger partial charge in [0.15, 0.2) is 0 Å². The molecule has 0 amide bonds. The molecule has 1 N–H and O–H groups in total. The average Bonchev–Trinajstić information content (AvgIpc) is 2.24. The van der Waals surface area contributed by atoms with E-state index in [1.54, 1.807) is 6.07 Å². The Hall–Kier alpha value is -0.930. The van der Waals surface area contributed by atoms with Crippen molar-refractivity contribution in [3.05, 3.63) is 35.6 Å². The average molecular weight is 223 g/mol. The van der Waals surface area contributed by atoms with Gasteiger partial charge in [0.25, 0.3) is 0 Å². The number of benzene rings is 1. The Labute approximate surface area is 95.8 Å². The number of ether oxygens (including phenoxy) is 1. The number of halogens is 1. The van der Waals surface area contributed by atoms with Crippen molar-refractivity contribution >= 4 is 0 Å². The second-order valence-electron chi connectivity index (χ2n) is 4.46. The first-order chi connectivity index (χ1) is 7.78. The molecule has 1 aliphatic heterocycles. The molecule has 1 saturated heterocycles. The van der Waals surface area contributed by atoms with Crippen LogP contribution < -0.4 is 5.32 Å². The molecule has 2 rings (SSSR count). The molecule has 88 valence electrons. The zero-order chi connectivity index (χ0) is 11.4. The summed E-state index contributed by atoms with van der Waals surface area (Å²) in [5.74, 6) is -0.102. The highest BCUT2D eigenvalue weighted by Crippen LogP contribution is 2.37. The van der Waals surface area contributed by atoms with E-state index in [0.29, 0.717) is 13.2 Å². The Morgan fingerprint density at radius 1 is 1.38 bits per heavy atom. The van der Waals surface area contributed by atoms with Crippen molar-refractivity contribution in [3.8, 4) is 0 Å². The summed E-state index contributed by atoms with van der Waals surface area (Å²) in [5.41, 5.74) is 0.736. The molecule has 1 aliphatic rings. The van der Waals surface area contributed by atoms with E-state index >= 15 is 0 Å². The highest BCUT2D eigenvalue weighted by Gasteiger charge is 2.41. The van der Waals surface area contributed by atoms with Crippen molar-refractivity contribution in [2.75, 3.05) is 26.8 Å². The summed E-state index contributed by atoms with van der Waals surface area (Å²) >= 11 is 0. The Bertz CT molecular complexity index is 350. The summed E-state index contributed by atoms with van der Waals surface area (Å²) in [6.07, 6.45) is 2.03. The second kappa shape index (κ2) is 4.93. The zero-order valence-electron chi connectivity index (χ0n) is 9.63. The van der Waals surface area contributed by atoms with E-state index in [0.717, 1.165) is 24.9 Å². The van der Waals surface area contributed by atoms with Crippen LogP contribution in [0.4, 0.5) is 4.39 Å². The van der Waals surface area contributed by atoms with Crippen molar-refractivity contribution < 1.29 is 9.13 Å². The van der Waals surface area contributed by atoms with Gasteiger partial charge in [0, 0.05) is 5.41 Å². The van der Waals surface area contributed by atoms with Crippen LogP contribution in [0.1, 0.15) is 18.4 Å². The molecule has 1 aromatic carbocycles. The fourth-order valence-electron chi connectivity index (χ4n) is 2.28. The first-order valence-corrected chi connectivity index (χ1v) is 5.76. The lowest BCUT2D eigenvalue weighted by atomic mass is 9.75. The van der Waals surface area contributed by atoms with Crippen LogP contribution in [0.15, 0.2) is 24.3 Å². The predicted octanol–water partition coefficient (Wildman–Crippen LogP) is 2.09. The van der Waals surface area contributed by atoms with E-state index in [9.17, 15) is 4.39 Å². The molecule has 0 aromatic heterocycles. The van der Waals surface area contributed by atoms with Crippen LogP contribution in [0.25, 0.3) is 0 Å². The maximum absolute atomic E-state index is 13.7. The van der Waals surface area contributed by atoms with Gasteiger partial charge >= 0.3 is 0 Å². The zero-order valence-corrected chi connectivity index (χ0v) is 9.63. The van der Waals surface area contributed by atoms with Gasteiger partial charge in [-0.1, -0.05) is 18.2 Å². The van der Waals surface area contributed by atoms with Crippen LogP contribution in [0, 0.1) is 5.82 Å². The van der Waals surface area contributed by atoms with E-state index < -0.39 is 0 Å². The molecule has 1 aromatic rings. The molecule has 2 nitrogen and oxygen atoms in total. The Morgan fingerprint density at radius 3 is 2.69 bits per heavy atom. The van der Waals surface area contributed by atoms with Crippen molar-refractivity contribution in [1.29, 1.82) is 0 Å². The minimum Gasteiger partial charge on any atom is -0.379 e. The number of rotatable bonds is 5. The number of hydrogen-bond acceptors (Lipinski definition) is 2. The van der Waals surface area contributed by atoms with Gasteiger partial charge in [-0.05, 0) is 38.1 Å². The molecule has 1 heterocycles.